The van der Waals surface area contributed by atoms with E-state index in [1.165, 1.54) is 44.1 Å². The summed E-state index contributed by atoms with van der Waals surface area (Å²) in [4.78, 5) is 12.0. The molecule has 4 aliphatic rings. The standard InChI is InChI=1S/C27H43NO/c1-18(7-6-14-25(2,3)28)22-10-11-23-21-9-8-19-17-20(29)12-15-26(19,4)24(21)13-16-27(22,23)5/h8-9,17-18,21-24H,6-7,10-16,28H2,1-5H3/t18-,21+,22-,23+,24+,26+,27-/m1/s1. The van der Waals surface area contributed by atoms with Crippen molar-refractivity contribution in [3.05, 3.63) is 23.8 Å². The fraction of sp³-hybridized carbons (Fsp3) is 0.815. The van der Waals surface area contributed by atoms with E-state index in [0.29, 0.717) is 17.1 Å². The molecule has 0 radical (unpaired) electrons. The lowest BCUT2D eigenvalue weighted by Crippen LogP contribution is -2.49. The maximum absolute atomic E-state index is 12.0. The lowest BCUT2D eigenvalue weighted by molar-refractivity contribution is -0.116. The Balaban J connectivity index is 1.51. The van der Waals surface area contributed by atoms with Gasteiger partial charge < -0.3 is 5.73 Å². The number of nitrogens with two attached hydrogens (primary N) is 1. The summed E-state index contributed by atoms with van der Waals surface area (Å²) < 4.78 is 0. The molecule has 29 heavy (non-hydrogen) atoms. The van der Waals surface area contributed by atoms with Crippen LogP contribution in [0.15, 0.2) is 23.8 Å². The first-order valence-corrected chi connectivity index (χ1v) is 12.3. The van der Waals surface area contributed by atoms with Gasteiger partial charge in [0.05, 0.1) is 0 Å². The van der Waals surface area contributed by atoms with E-state index in [1.807, 2.05) is 6.08 Å². The van der Waals surface area contributed by atoms with Gasteiger partial charge in [-0.25, -0.2) is 0 Å². The highest BCUT2D eigenvalue weighted by Gasteiger charge is 2.58. The SMILES string of the molecule is C[C@H](CCCC(C)(C)N)[C@H]1CC[C@H]2[C@@H]3C=CC4=CC(=O)CC[C@]4(C)[C@H]3CC[C@]12C. The Morgan fingerprint density at radius 1 is 1.17 bits per heavy atom. The van der Waals surface area contributed by atoms with Gasteiger partial charge in [-0.15, -0.1) is 0 Å². The van der Waals surface area contributed by atoms with E-state index >= 15 is 0 Å². The molecule has 7 atom stereocenters. The zero-order valence-electron chi connectivity index (χ0n) is 19.5. The van der Waals surface area contributed by atoms with Crippen LogP contribution in [0.5, 0.6) is 0 Å². The maximum atomic E-state index is 12.0. The van der Waals surface area contributed by atoms with E-state index < -0.39 is 0 Å². The number of rotatable bonds is 5. The summed E-state index contributed by atoms with van der Waals surface area (Å²) in [7, 11) is 0. The molecule has 2 nitrogen and oxygen atoms in total. The Bertz CT molecular complexity index is 713. The van der Waals surface area contributed by atoms with Gasteiger partial charge in [-0.1, -0.05) is 45.8 Å². The smallest absolute Gasteiger partial charge is 0.156 e. The van der Waals surface area contributed by atoms with Crippen molar-refractivity contribution in [3.8, 4) is 0 Å². The van der Waals surface area contributed by atoms with E-state index in [2.05, 4.69) is 46.8 Å². The number of hydrogen-bond donors (Lipinski definition) is 1. The van der Waals surface area contributed by atoms with Crippen molar-refractivity contribution >= 4 is 5.78 Å². The van der Waals surface area contributed by atoms with Crippen LogP contribution in [0.1, 0.15) is 92.4 Å². The third kappa shape index (κ3) is 3.68. The van der Waals surface area contributed by atoms with Gasteiger partial charge in [0.2, 0.25) is 0 Å². The second-order valence-electron chi connectivity index (χ2n) is 12.2. The molecule has 0 heterocycles. The molecule has 2 heteroatoms. The van der Waals surface area contributed by atoms with Crippen LogP contribution in [0, 0.1) is 40.4 Å². The molecule has 4 rings (SSSR count). The van der Waals surface area contributed by atoms with Crippen molar-refractivity contribution < 1.29 is 4.79 Å². The van der Waals surface area contributed by atoms with E-state index in [9.17, 15) is 4.79 Å². The maximum Gasteiger partial charge on any atom is 0.156 e. The molecule has 0 bridgehead atoms. The molecule has 0 saturated heterocycles. The van der Waals surface area contributed by atoms with Crippen molar-refractivity contribution in [2.75, 3.05) is 0 Å². The summed E-state index contributed by atoms with van der Waals surface area (Å²) in [5.41, 5.74) is 8.23. The molecule has 0 aliphatic heterocycles. The van der Waals surface area contributed by atoms with Crippen LogP contribution in [-0.4, -0.2) is 11.3 Å². The van der Waals surface area contributed by atoms with Crippen LogP contribution >= 0.6 is 0 Å². The summed E-state index contributed by atoms with van der Waals surface area (Å²) in [5, 5.41) is 0. The second-order valence-corrected chi connectivity index (χ2v) is 12.2. The Morgan fingerprint density at radius 2 is 1.93 bits per heavy atom. The summed E-state index contributed by atoms with van der Waals surface area (Å²) in [6, 6.07) is 0. The number of allylic oxidation sites excluding steroid dienone is 4. The van der Waals surface area contributed by atoms with Crippen LogP contribution in [0.3, 0.4) is 0 Å². The Hall–Kier alpha value is -0.890. The molecular weight excluding hydrogens is 354 g/mol. The Kier molecular flexibility index (Phi) is 5.42. The number of ketones is 1. The van der Waals surface area contributed by atoms with E-state index in [-0.39, 0.29) is 11.0 Å². The summed E-state index contributed by atoms with van der Waals surface area (Å²) >= 11 is 0. The first-order valence-electron chi connectivity index (χ1n) is 12.3. The molecule has 2 saturated carbocycles. The molecule has 2 N–H and O–H groups in total. The second kappa shape index (κ2) is 7.36. The van der Waals surface area contributed by atoms with Gasteiger partial charge in [0.1, 0.15) is 0 Å². The quantitative estimate of drug-likeness (QED) is 0.579. The van der Waals surface area contributed by atoms with Crippen LogP contribution < -0.4 is 5.73 Å². The monoisotopic (exact) mass is 397 g/mol. The number of carbonyl (C=O) groups is 1. The van der Waals surface area contributed by atoms with Crippen molar-refractivity contribution in [1.82, 2.24) is 0 Å². The first kappa shape index (κ1) is 21.3. The topological polar surface area (TPSA) is 43.1 Å². The summed E-state index contributed by atoms with van der Waals surface area (Å²) in [6.45, 7) is 11.9. The lowest BCUT2D eigenvalue weighted by Gasteiger charge is -2.56. The average molecular weight is 398 g/mol. The average Bonchev–Trinajstić information content (AvgIpc) is 2.98. The summed E-state index contributed by atoms with van der Waals surface area (Å²) in [5.74, 6) is 4.26. The number of fused-ring (bicyclic) bond motifs is 5. The predicted molar refractivity (Wildman–Crippen MR) is 121 cm³/mol. The van der Waals surface area contributed by atoms with Crippen molar-refractivity contribution in [1.29, 1.82) is 0 Å². The minimum absolute atomic E-state index is 0.0329. The van der Waals surface area contributed by atoms with E-state index in [4.69, 9.17) is 5.73 Å². The highest BCUT2D eigenvalue weighted by molar-refractivity contribution is 5.92. The third-order valence-electron chi connectivity index (χ3n) is 9.76. The largest absolute Gasteiger partial charge is 0.326 e. The molecule has 0 aromatic rings. The normalized spacial score (nSPS) is 42.7. The van der Waals surface area contributed by atoms with E-state index in [0.717, 1.165) is 42.9 Å². The van der Waals surface area contributed by atoms with Crippen molar-refractivity contribution in [2.24, 2.45) is 46.2 Å². The molecule has 0 amide bonds. The molecule has 0 spiro atoms. The number of carbonyl (C=O) groups excluding carboxylic acids is 1. The minimum atomic E-state index is -0.0329. The lowest BCUT2D eigenvalue weighted by atomic mass is 9.48. The fourth-order valence-corrected chi connectivity index (χ4v) is 8.05. The predicted octanol–water partition coefficient (Wildman–Crippen LogP) is 6.45. The van der Waals surface area contributed by atoms with Crippen LogP contribution in [0.4, 0.5) is 0 Å². The van der Waals surface area contributed by atoms with Gasteiger partial charge >= 0.3 is 0 Å². The molecular formula is C27H43NO. The summed E-state index contributed by atoms with van der Waals surface area (Å²) in [6.07, 6.45) is 17.8. The van der Waals surface area contributed by atoms with Crippen molar-refractivity contribution in [2.45, 2.75) is 97.9 Å². The fourth-order valence-electron chi connectivity index (χ4n) is 8.05. The third-order valence-corrected chi connectivity index (χ3v) is 9.76. The minimum Gasteiger partial charge on any atom is -0.326 e. The van der Waals surface area contributed by atoms with Crippen LogP contribution in [0.25, 0.3) is 0 Å². The van der Waals surface area contributed by atoms with Crippen LogP contribution in [0.2, 0.25) is 0 Å². The molecule has 162 valence electrons. The molecule has 0 unspecified atom stereocenters. The highest BCUT2D eigenvalue weighted by atomic mass is 16.1. The number of hydrogen-bond acceptors (Lipinski definition) is 2. The van der Waals surface area contributed by atoms with Gasteiger partial charge in [-0.3, -0.25) is 4.79 Å². The van der Waals surface area contributed by atoms with Gasteiger partial charge in [0.25, 0.3) is 0 Å². The van der Waals surface area contributed by atoms with E-state index in [1.54, 1.807) is 0 Å². The van der Waals surface area contributed by atoms with Gasteiger partial charge in [-0.05, 0) is 104 Å². The molecule has 0 aromatic heterocycles. The highest BCUT2D eigenvalue weighted by Crippen LogP contribution is 2.66. The van der Waals surface area contributed by atoms with Crippen LogP contribution in [-0.2, 0) is 4.79 Å². The Morgan fingerprint density at radius 3 is 2.66 bits per heavy atom. The zero-order chi connectivity index (χ0) is 21.0. The molecule has 4 aliphatic carbocycles. The molecule has 0 aromatic carbocycles. The zero-order valence-corrected chi connectivity index (χ0v) is 19.5. The van der Waals surface area contributed by atoms with Gasteiger partial charge in [0.15, 0.2) is 5.78 Å². The first-order chi connectivity index (χ1) is 13.5. The molecule has 2 fully saturated rings. The Labute approximate surface area is 178 Å². The van der Waals surface area contributed by atoms with Gasteiger partial charge in [-0.2, -0.15) is 0 Å². The van der Waals surface area contributed by atoms with Gasteiger partial charge in [0, 0.05) is 12.0 Å². The van der Waals surface area contributed by atoms with Crippen molar-refractivity contribution in [3.63, 3.8) is 0 Å².